The minimum absolute atomic E-state index is 0.0212. The maximum absolute atomic E-state index is 6.82. The van der Waals surface area contributed by atoms with Crippen LogP contribution < -0.4 is 0 Å². The van der Waals surface area contributed by atoms with E-state index in [1.165, 1.54) is 0 Å². The highest BCUT2D eigenvalue weighted by molar-refractivity contribution is 4.93. The minimum atomic E-state index is -0.251. The fourth-order valence-corrected chi connectivity index (χ4v) is 6.86. The third-order valence-electron chi connectivity index (χ3n) is 10.1. The SMILES string of the molecule is CCC1O[C@H]2O[C@@H]3C(CC)O[C@@H](O[C@@H]4C(CC)O[C@H](CCO[C@H]1[C@H](C)C2C)C(C)[C@H]4C)C(C)[C@H]3C. The molecule has 9 heterocycles. The molecule has 35 heavy (non-hydrogen) atoms. The van der Waals surface area contributed by atoms with Crippen LogP contribution in [-0.4, -0.2) is 61.9 Å². The summed E-state index contributed by atoms with van der Waals surface area (Å²) >= 11 is 0. The monoisotopic (exact) mass is 496 g/mol. The van der Waals surface area contributed by atoms with Crippen molar-refractivity contribution in [1.82, 2.24) is 0 Å². The largest absolute Gasteiger partial charge is 0.375 e. The highest BCUT2D eigenvalue weighted by Crippen LogP contribution is 2.43. The molecule has 6 unspecified atom stereocenters. The van der Waals surface area contributed by atoms with Gasteiger partial charge in [0.1, 0.15) is 0 Å². The van der Waals surface area contributed by atoms with Crippen LogP contribution in [0.15, 0.2) is 0 Å². The lowest BCUT2D eigenvalue weighted by molar-refractivity contribution is -0.341. The molecule has 9 rings (SSSR count). The summed E-state index contributed by atoms with van der Waals surface area (Å²) in [6, 6.07) is 0. The molecule has 0 N–H and O–H groups in total. The molecule has 9 saturated heterocycles. The van der Waals surface area contributed by atoms with Crippen LogP contribution in [0.1, 0.15) is 88.0 Å². The van der Waals surface area contributed by atoms with E-state index in [-0.39, 0.29) is 67.1 Å². The third-order valence-corrected chi connectivity index (χ3v) is 10.1. The van der Waals surface area contributed by atoms with E-state index in [4.69, 9.17) is 28.4 Å². The van der Waals surface area contributed by atoms with Crippen molar-refractivity contribution in [2.24, 2.45) is 35.5 Å². The molecule has 15 atom stereocenters. The van der Waals surface area contributed by atoms with Gasteiger partial charge in [0.05, 0.1) is 42.7 Å². The van der Waals surface area contributed by atoms with E-state index < -0.39 is 0 Å². The first kappa shape index (κ1) is 27.8. The summed E-state index contributed by atoms with van der Waals surface area (Å²) in [5.74, 6) is 1.87. The lowest BCUT2D eigenvalue weighted by Crippen LogP contribution is -2.58. The topological polar surface area (TPSA) is 55.4 Å². The van der Waals surface area contributed by atoms with Crippen molar-refractivity contribution in [3.63, 3.8) is 0 Å². The zero-order valence-electron chi connectivity index (χ0n) is 23.6. The van der Waals surface area contributed by atoms with Gasteiger partial charge < -0.3 is 28.4 Å². The Hall–Kier alpha value is -0.240. The van der Waals surface area contributed by atoms with Crippen LogP contribution >= 0.6 is 0 Å². The van der Waals surface area contributed by atoms with Gasteiger partial charge in [0.15, 0.2) is 12.6 Å². The van der Waals surface area contributed by atoms with Crippen LogP contribution in [-0.2, 0) is 28.4 Å². The maximum Gasteiger partial charge on any atom is 0.161 e. The maximum atomic E-state index is 6.82. The van der Waals surface area contributed by atoms with Crippen LogP contribution in [0.3, 0.4) is 0 Å². The fraction of sp³-hybridized carbons (Fsp3) is 1.00. The van der Waals surface area contributed by atoms with Crippen LogP contribution in [0.4, 0.5) is 0 Å². The van der Waals surface area contributed by atoms with Crippen molar-refractivity contribution in [1.29, 1.82) is 0 Å². The molecule has 0 saturated carbocycles. The van der Waals surface area contributed by atoms with E-state index >= 15 is 0 Å². The van der Waals surface area contributed by atoms with Crippen LogP contribution in [0.2, 0.25) is 0 Å². The van der Waals surface area contributed by atoms with Gasteiger partial charge in [-0.3, -0.25) is 0 Å². The molecular weight excluding hydrogens is 444 g/mol. The molecule has 9 fully saturated rings. The molecule has 6 heteroatoms. The Labute approximate surface area is 214 Å². The molecule has 0 spiro atoms. The van der Waals surface area contributed by atoms with Crippen molar-refractivity contribution in [2.45, 2.75) is 143 Å². The quantitative estimate of drug-likeness (QED) is 0.491. The lowest BCUT2D eigenvalue weighted by Gasteiger charge is -2.50. The van der Waals surface area contributed by atoms with Crippen LogP contribution in [0.25, 0.3) is 0 Å². The normalized spacial score (nSPS) is 53.6. The van der Waals surface area contributed by atoms with Gasteiger partial charge in [0.25, 0.3) is 0 Å². The van der Waals surface area contributed by atoms with Gasteiger partial charge in [-0.1, -0.05) is 62.3 Å². The average molecular weight is 497 g/mol. The number of ether oxygens (including phenoxy) is 6. The molecule has 9 aliphatic heterocycles. The predicted molar refractivity (Wildman–Crippen MR) is 136 cm³/mol. The first-order valence-electron chi connectivity index (χ1n) is 14.6. The third kappa shape index (κ3) is 5.35. The number of hydrogen-bond acceptors (Lipinski definition) is 6. The van der Waals surface area contributed by atoms with E-state index in [0.29, 0.717) is 30.3 Å². The molecule has 9 aliphatic rings. The summed E-state index contributed by atoms with van der Waals surface area (Å²) in [5, 5.41) is 0. The molecule has 0 aromatic heterocycles. The molecule has 0 aromatic carbocycles. The van der Waals surface area contributed by atoms with Crippen molar-refractivity contribution in [2.75, 3.05) is 6.61 Å². The predicted octanol–water partition coefficient (Wildman–Crippen LogP) is 5.81. The highest BCUT2D eigenvalue weighted by Gasteiger charge is 2.50. The van der Waals surface area contributed by atoms with Gasteiger partial charge >= 0.3 is 0 Å². The zero-order valence-corrected chi connectivity index (χ0v) is 23.6. The second-order valence-corrected chi connectivity index (χ2v) is 12.0. The molecule has 204 valence electrons. The average Bonchev–Trinajstić information content (AvgIpc) is 2.86. The summed E-state index contributed by atoms with van der Waals surface area (Å²) in [6.07, 6.45) is 3.47. The standard InChI is InChI=1S/C29H52O6/c1-10-21-25-17(6)19(8)28(32-21)35-27-18(7)20(9)29(33-23(27)12-3)34-26-16(5)15(4)24(13-14-30-25)31-22(26)11-2/h15-29H,10-14H2,1-9H3/t15?,16-,17-,18-,19?,20?,21?,22?,23?,24-,25+,26+,27+,28+,29+/m1/s1. The van der Waals surface area contributed by atoms with E-state index in [9.17, 15) is 0 Å². The van der Waals surface area contributed by atoms with Gasteiger partial charge in [-0.05, 0) is 49.4 Å². The Balaban J connectivity index is 1.68. The summed E-state index contributed by atoms with van der Waals surface area (Å²) in [4.78, 5) is 0. The van der Waals surface area contributed by atoms with Gasteiger partial charge in [-0.25, -0.2) is 0 Å². The number of hydrogen-bond donors (Lipinski definition) is 0. The van der Waals surface area contributed by atoms with Crippen molar-refractivity contribution >= 4 is 0 Å². The molecule has 0 aliphatic carbocycles. The van der Waals surface area contributed by atoms with Crippen molar-refractivity contribution in [3.8, 4) is 0 Å². The van der Waals surface area contributed by atoms with E-state index in [2.05, 4.69) is 62.3 Å². The first-order chi connectivity index (χ1) is 16.7. The Kier molecular flexibility index (Phi) is 9.25. The lowest BCUT2D eigenvalue weighted by atomic mass is 9.79. The zero-order chi connectivity index (χ0) is 25.4. The molecular formula is C29H52O6. The molecule has 6 nitrogen and oxygen atoms in total. The second kappa shape index (κ2) is 11.7. The van der Waals surface area contributed by atoms with Gasteiger partial charge in [-0.2, -0.15) is 0 Å². The van der Waals surface area contributed by atoms with Crippen LogP contribution in [0.5, 0.6) is 0 Å². The molecule has 0 radical (unpaired) electrons. The molecule has 6 bridgehead atoms. The summed E-state index contributed by atoms with van der Waals surface area (Å²) < 4.78 is 40.2. The Bertz CT molecular complexity index is 668. The van der Waals surface area contributed by atoms with Gasteiger partial charge in [0.2, 0.25) is 0 Å². The molecule has 0 aromatic rings. The Morgan fingerprint density at radius 1 is 0.486 bits per heavy atom. The molecule has 0 amide bonds. The fourth-order valence-electron chi connectivity index (χ4n) is 6.86. The van der Waals surface area contributed by atoms with Gasteiger partial charge in [0, 0.05) is 18.4 Å². The Morgan fingerprint density at radius 3 is 1.43 bits per heavy atom. The smallest absolute Gasteiger partial charge is 0.161 e. The first-order valence-corrected chi connectivity index (χ1v) is 14.6. The van der Waals surface area contributed by atoms with E-state index in [0.717, 1.165) is 25.7 Å². The summed E-state index contributed by atoms with van der Waals surface area (Å²) in [7, 11) is 0. The number of rotatable bonds is 3. The summed E-state index contributed by atoms with van der Waals surface area (Å²) in [6.45, 7) is 21.0. The second-order valence-electron chi connectivity index (χ2n) is 12.0. The van der Waals surface area contributed by atoms with Crippen LogP contribution in [0, 0.1) is 35.5 Å². The minimum Gasteiger partial charge on any atom is -0.375 e. The van der Waals surface area contributed by atoms with E-state index in [1.807, 2.05) is 0 Å². The van der Waals surface area contributed by atoms with E-state index in [1.54, 1.807) is 0 Å². The van der Waals surface area contributed by atoms with Crippen molar-refractivity contribution < 1.29 is 28.4 Å². The highest BCUT2D eigenvalue weighted by atomic mass is 16.7. The van der Waals surface area contributed by atoms with Crippen molar-refractivity contribution in [3.05, 3.63) is 0 Å². The summed E-state index contributed by atoms with van der Waals surface area (Å²) in [5.41, 5.74) is 0. The Morgan fingerprint density at radius 2 is 0.914 bits per heavy atom. The van der Waals surface area contributed by atoms with Gasteiger partial charge in [-0.15, -0.1) is 0 Å².